The second-order valence-corrected chi connectivity index (χ2v) is 11.5. The number of halogens is 1. The van der Waals surface area contributed by atoms with Crippen molar-refractivity contribution in [2.75, 3.05) is 23.0 Å². The lowest BCUT2D eigenvalue weighted by Gasteiger charge is -2.25. The molecular weight excluding hydrogens is 438 g/mol. The van der Waals surface area contributed by atoms with Gasteiger partial charge < -0.3 is 15.0 Å². The lowest BCUT2D eigenvalue weighted by atomic mass is 10.2. The highest BCUT2D eigenvalue weighted by Gasteiger charge is 2.49. The Bertz CT molecular complexity index is 958. The van der Waals surface area contributed by atoms with Crippen LogP contribution in [0.25, 0.3) is 0 Å². The Morgan fingerprint density at radius 2 is 2.00 bits per heavy atom. The first-order valence-electron chi connectivity index (χ1n) is 8.94. The summed E-state index contributed by atoms with van der Waals surface area (Å²) in [5.74, 6) is -0.579. The van der Waals surface area contributed by atoms with Crippen molar-refractivity contribution in [2.24, 2.45) is 4.99 Å². The number of carbonyl (C=O) groups is 2. The number of anilines is 1. The van der Waals surface area contributed by atoms with E-state index in [1.807, 2.05) is 0 Å². The number of alkyl carbamates (subject to hydrolysis) is 1. The lowest BCUT2D eigenvalue weighted by Crippen LogP contribution is -2.38. The summed E-state index contributed by atoms with van der Waals surface area (Å²) in [5, 5.41) is 2.95. The zero-order valence-electron chi connectivity index (χ0n) is 16.2. The van der Waals surface area contributed by atoms with E-state index in [4.69, 9.17) is 16.3 Å². The Morgan fingerprint density at radius 3 is 2.66 bits per heavy atom. The van der Waals surface area contributed by atoms with Crippen LogP contribution < -0.4 is 10.2 Å². The van der Waals surface area contributed by atoms with Gasteiger partial charge in [-0.3, -0.25) is 4.79 Å². The summed E-state index contributed by atoms with van der Waals surface area (Å²) in [5.41, 5.74) is -0.0812. The molecule has 0 bridgehead atoms. The molecule has 3 rings (SSSR count). The Labute approximate surface area is 178 Å². The maximum Gasteiger partial charge on any atom is 0.408 e. The highest BCUT2D eigenvalue weighted by molar-refractivity contribution is 8.16. The molecule has 29 heavy (non-hydrogen) atoms. The van der Waals surface area contributed by atoms with Crippen LogP contribution in [-0.2, 0) is 19.4 Å². The molecule has 11 heteroatoms. The Morgan fingerprint density at radius 1 is 1.31 bits per heavy atom. The minimum absolute atomic E-state index is 0.0205. The molecule has 2 heterocycles. The number of rotatable bonds is 3. The van der Waals surface area contributed by atoms with E-state index < -0.39 is 27.4 Å². The predicted molar refractivity (Wildman–Crippen MR) is 114 cm³/mol. The SMILES string of the molecule is CC(C)(C)OC(=O)NCC(=O)N=C1S[C@@H]2CS(=O)(=O)C[C@@H]2N1c1ccccc1Cl. The van der Waals surface area contributed by atoms with Crippen LogP contribution in [0, 0.1) is 0 Å². The van der Waals surface area contributed by atoms with Crippen LogP contribution in [0.3, 0.4) is 0 Å². The van der Waals surface area contributed by atoms with E-state index >= 15 is 0 Å². The first-order chi connectivity index (χ1) is 13.5. The van der Waals surface area contributed by atoms with Gasteiger partial charge in [0.15, 0.2) is 15.0 Å². The minimum Gasteiger partial charge on any atom is -0.444 e. The summed E-state index contributed by atoms with van der Waals surface area (Å²) >= 11 is 7.56. The summed E-state index contributed by atoms with van der Waals surface area (Å²) in [6.45, 7) is 4.83. The third-order valence-electron chi connectivity index (χ3n) is 4.18. The fourth-order valence-corrected chi connectivity index (χ4v) is 7.25. The van der Waals surface area contributed by atoms with Gasteiger partial charge in [0, 0.05) is 5.25 Å². The molecule has 2 saturated heterocycles. The Hall–Kier alpha value is -1.78. The number of nitrogens with zero attached hydrogens (tertiary/aromatic N) is 2. The smallest absolute Gasteiger partial charge is 0.408 e. The lowest BCUT2D eigenvalue weighted by molar-refractivity contribution is -0.117. The van der Waals surface area contributed by atoms with Gasteiger partial charge in [0.25, 0.3) is 5.91 Å². The third kappa shape index (κ3) is 5.43. The predicted octanol–water partition coefficient (Wildman–Crippen LogP) is 2.47. The number of sulfone groups is 1. The van der Waals surface area contributed by atoms with Gasteiger partial charge in [-0.05, 0) is 32.9 Å². The van der Waals surface area contributed by atoms with Gasteiger partial charge >= 0.3 is 6.09 Å². The van der Waals surface area contributed by atoms with E-state index in [0.29, 0.717) is 15.9 Å². The monoisotopic (exact) mass is 459 g/mol. The molecule has 1 aromatic rings. The van der Waals surface area contributed by atoms with E-state index in [2.05, 4.69) is 10.3 Å². The summed E-state index contributed by atoms with van der Waals surface area (Å²) in [7, 11) is -3.17. The fraction of sp³-hybridized carbons (Fsp3) is 0.500. The van der Waals surface area contributed by atoms with Crippen molar-refractivity contribution in [2.45, 2.75) is 37.7 Å². The quantitative estimate of drug-likeness (QED) is 0.740. The van der Waals surface area contributed by atoms with Crippen molar-refractivity contribution < 1.29 is 22.7 Å². The first kappa shape index (κ1) is 21.9. The van der Waals surface area contributed by atoms with Crippen LogP contribution in [0.15, 0.2) is 29.3 Å². The number of nitrogens with one attached hydrogen (secondary N) is 1. The number of ether oxygens (including phenoxy) is 1. The number of amidine groups is 1. The second kappa shape index (κ2) is 8.16. The summed E-state index contributed by atoms with van der Waals surface area (Å²) in [4.78, 5) is 29.9. The molecule has 0 spiro atoms. The van der Waals surface area contributed by atoms with Gasteiger partial charge in [-0.2, -0.15) is 4.99 Å². The number of hydrogen-bond donors (Lipinski definition) is 1. The van der Waals surface area contributed by atoms with Gasteiger partial charge in [0.1, 0.15) is 12.1 Å². The molecule has 8 nitrogen and oxygen atoms in total. The van der Waals surface area contributed by atoms with Gasteiger partial charge in [0.05, 0.1) is 28.3 Å². The molecule has 2 fully saturated rings. The summed E-state index contributed by atoms with van der Waals surface area (Å²) in [6.07, 6.45) is -0.712. The maximum atomic E-state index is 12.3. The van der Waals surface area contributed by atoms with Gasteiger partial charge in [-0.1, -0.05) is 35.5 Å². The second-order valence-electron chi connectivity index (χ2n) is 7.77. The van der Waals surface area contributed by atoms with E-state index in [-0.39, 0.29) is 29.3 Å². The number of aliphatic imine (C=N–C) groups is 1. The Kier molecular flexibility index (Phi) is 6.16. The van der Waals surface area contributed by atoms with Crippen molar-refractivity contribution in [1.29, 1.82) is 0 Å². The van der Waals surface area contributed by atoms with Crippen molar-refractivity contribution in [3.8, 4) is 0 Å². The maximum absolute atomic E-state index is 12.3. The van der Waals surface area contributed by atoms with Crippen LogP contribution in [-0.4, -0.2) is 60.5 Å². The number of carbonyl (C=O) groups excluding carboxylic acids is 2. The van der Waals surface area contributed by atoms with Gasteiger partial charge in [0.2, 0.25) is 0 Å². The molecule has 1 N–H and O–H groups in total. The number of amides is 2. The normalized spacial score (nSPS) is 24.4. The van der Waals surface area contributed by atoms with Crippen molar-refractivity contribution in [3.05, 3.63) is 29.3 Å². The van der Waals surface area contributed by atoms with E-state index in [0.717, 1.165) is 0 Å². The zero-order valence-corrected chi connectivity index (χ0v) is 18.6. The highest BCUT2D eigenvalue weighted by atomic mass is 35.5. The molecule has 158 valence electrons. The molecule has 0 radical (unpaired) electrons. The summed E-state index contributed by atoms with van der Waals surface area (Å²) < 4.78 is 29.3. The number of fused-ring (bicyclic) bond motifs is 1. The molecule has 2 atom stereocenters. The van der Waals surface area contributed by atoms with Gasteiger partial charge in [-0.25, -0.2) is 13.2 Å². The Balaban J connectivity index is 1.79. The largest absolute Gasteiger partial charge is 0.444 e. The van der Waals surface area contributed by atoms with E-state index in [9.17, 15) is 18.0 Å². The van der Waals surface area contributed by atoms with E-state index in [1.165, 1.54) is 11.8 Å². The fourth-order valence-electron chi connectivity index (χ4n) is 3.10. The molecule has 0 aromatic heterocycles. The molecule has 2 aliphatic rings. The van der Waals surface area contributed by atoms with Gasteiger partial charge in [-0.15, -0.1) is 0 Å². The molecule has 0 aliphatic carbocycles. The van der Waals surface area contributed by atoms with Crippen molar-refractivity contribution >= 4 is 56.1 Å². The van der Waals surface area contributed by atoms with Crippen LogP contribution in [0.1, 0.15) is 20.8 Å². The van der Waals surface area contributed by atoms with Crippen molar-refractivity contribution in [3.63, 3.8) is 0 Å². The molecule has 0 unspecified atom stereocenters. The third-order valence-corrected chi connectivity index (χ3v) is 7.71. The van der Waals surface area contributed by atoms with E-state index in [1.54, 1.807) is 49.9 Å². The zero-order chi connectivity index (χ0) is 21.4. The molecule has 2 aliphatic heterocycles. The molecular formula is C18H22ClN3O5S2. The number of benzene rings is 1. The number of thioether (sulfide) groups is 1. The standard InChI is InChI=1S/C18H22ClN3O5S2/c1-18(2,3)27-17(24)20-8-15(23)21-16-22(12-7-5-4-6-11(12)19)13-9-29(25,26)10-14(13)28-16/h4-7,13-14H,8-10H2,1-3H3,(H,20,24)/t13-,14+/m0/s1. The number of para-hydroxylation sites is 1. The van der Waals surface area contributed by atoms with Crippen LogP contribution in [0.5, 0.6) is 0 Å². The summed E-state index contributed by atoms with van der Waals surface area (Å²) in [6, 6.07) is 6.66. The molecule has 2 amide bonds. The highest BCUT2D eigenvalue weighted by Crippen LogP contribution is 2.42. The molecule has 1 aromatic carbocycles. The topological polar surface area (TPSA) is 105 Å². The van der Waals surface area contributed by atoms with Crippen molar-refractivity contribution in [1.82, 2.24) is 5.32 Å². The minimum atomic E-state index is -3.17. The number of hydrogen-bond acceptors (Lipinski definition) is 6. The average molecular weight is 460 g/mol. The average Bonchev–Trinajstić information content (AvgIpc) is 3.03. The van der Waals surface area contributed by atoms with Crippen LogP contribution in [0.2, 0.25) is 5.02 Å². The molecule has 0 saturated carbocycles. The van der Waals surface area contributed by atoms with Crippen LogP contribution in [0.4, 0.5) is 10.5 Å². The van der Waals surface area contributed by atoms with Crippen LogP contribution >= 0.6 is 23.4 Å². The first-order valence-corrected chi connectivity index (χ1v) is 12.0.